The maximum absolute atomic E-state index is 11.7. The molecule has 0 aliphatic rings. The second-order valence-electron chi connectivity index (χ2n) is 4.95. The van der Waals surface area contributed by atoms with E-state index in [4.69, 9.17) is 5.11 Å². The lowest BCUT2D eigenvalue weighted by Crippen LogP contribution is -2.17. The van der Waals surface area contributed by atoms with Crippen LogP contribution in [-0.2, 0) is 0 Å². The highest BCUT2D eigenvalue weighted by Crippen LogP contribution is 2.25. The van der Waals surface area contributed by atoms with Gasteiger partial charge in [0.25, 0.3) is 5.91 Å². The van der Waals surface area contributed by atoms with Crippen molar-refractivity contribution in [3.63, 3.8) is 0 Å². The van der Waals surface area contributed by atoms with E-state index in [0.29, 0.717) is 5.56 Å². The first-order chi connectivity index (χ1) is 10.6. The normalized spacial score (nSPS) is 10.6. The zero-order valence-electron chi connectivity index (χ0n) is 11.9. The van der Waals surface area contributed by atoms with Gasteiger partial charge in [-0.2, -0.15) is 0 Å². The van der Waals surface area contributed by atoms with Crippen LogP contribution in [-0.4, -0.2) is 29.0 Å². The highest BCUT2D eigenvalue weighted by molar-refractivity contribution is 5.97. The highest BCUT2D eigenvalue weighted by Gasteiger charge is 2.09. The SMILES string of the molecule is CNC(=O)c1cccc(-c2ccc3[nH]c(C(=O)O)cc3c2)c1. The fraction of sp³-hybridized carbons (Fsp3) is 0.0588. The van der Waals surface area contributed by atoms with E-state index in [-0.39, 0.29) is 11.6 Å². The minimum atomic E-state index is -0.987. The lowest BCUT2D eigenvalue weighted by atomic mass is 10.0. The summed E-state index contributed by atoms with van der Waals surface area (Å²) in [6, 6.07) is 14.5. The molecule has 1 aromatic heterocycles. The van der Waals surface area contributed by atoms with E-state index in [0.717, 1.165) is 22.0 Å². The van der Waals surface area contributed by atoms with Crippen LogP contribution in [0.5, 0.6) is 0 Å². The third-order valence-electron chi connectivity index (χ3n) is 3.54. The molecule has 110 valence electrons. The number of rotatable bonds is 3. The van der Waals surface area contributed by atoms with Gasteiger partial charge in [-0.1, -0.05) is 18.2 Å². The summed E-state index contributed by atoms with van der Waals surface area (Å²) in [5.41, 5.74) is 3.34. The topological polar surface area (TPSA) is 82.2 Å². The van der Waals surface area contributed by atoms with Crippen molar-refractivity contribution in [2.45, 2.75) is 0 Å². The van der Waals surface area contributed by atoms with Gasteiger partial charge in [0.05, 0.1) is 0 Å². The van der Waals surface area contributed by atoms with Crippen molar-refractivity contribution in [2.24, 2.45) is 0 Å². The fourth-order valence-corrected chi connectivity index (χ4v) is 2.41. The summed E-state index contributed by atoms with van der Waals surface area (Å²) in [7, 11) is 1.59. The first kappa shape index (κ1) is 13.9. The van der Waals surface area contributed by atoms with Crippen molar-refractivity contribution in [1.82, 2.24) is 10.3 Å². The molecule has 3 rings (SSSR count). The average molecular weight is 294 g/mol. The van der Waals surface area contributed by atoms with Crippen LogP contribution in [0.2, 0.25) is 0 Å². The molecular weight excluding hydrogens is 280 g/mol. The third-order valence-corrected chi connectivity index (χ3v) is 3.54. The second-order valence-corrected chi connectivity index (χ2v) is 4.95. The fourth-order valence-electron chi connectivity index (χ4n) is 2.41. The maximum atomic E-state index is 11.7. The van der Waals surface area contributed by atoms with Crippen molar-refractivity contribution in [3.05, 3.63) is 59.8 Å². The smallest absolute Gasteiger partial charge is 0.352 e. The van der Waals surface area contributed by atoms with Crippen molar-refractivity contribution < 1.29 is 14.7 Å². The molecule has 0 saturated heterocycles. The zero-order valence-corrected chi connectivity index (χ0v) is 11.9. The summed E-state index contributed by atoms with van der Waals surface area (Å²) < 4.78 is 0. The Labute approximate surface area is 126 Å². The number of carbonyl (C=O) groups excluding carboxylic acids is 1. The van der Waals surface area contributed by atoms with Crippen LogP contribution in [0.3, 0.4) is 0 Å². The predicted molar refractivity (Wildman–Crippen MR) is 84.1 cm³/mol. The summed E-state index contributed by atoms with van der Waals surface area (Å²) in [5.74, 6) is -1.13. The highest BCUT2D eigenvalue weighted by atomic mass is 16.4. The lowest BCUT2D eigenvalue weighted by molar-refractivity contribution is 0.0691. The largest absolute Gasteiger partial charge is 0.477 e. The predicted octanol–water partition coefficient (Wildman–Crippen LogP) is 2.89. The number of nitrogens with one attached hydrogen (secondary N) is 2. The van der Waals surface area contributed by atoms with Gasteiger partial charge in [-0.15, -0.1) is 0 Å². The van der Waals surface area contributed by atoms with Gasteiger partial charge in [-0.25, -0.2) is 4.79 Å². The maximum Gasteiger partial charge on any atom is 0.352 e. The summed E-state index contributed by atoms with van der Waals surface area (Å²) in [6.07, 6.45) is 0. The van der Waals surface area contributed by atoms with E-state index >= 15 is 0 Å². The van der Waals surface area contributed by atoms with E-state index in [1.54, 1.807) is 19.2 Å². The molecule has 3 aromatic rings. The molecule has 3 N–H and O–H groups in total. The van der Waals surface area contributed by atoms with Gasteiger partial charge in [0.1, 0.15) is 5.69 Å². The monoisotopic (exact) mass is 294 g/mol. The minimum absolute atomic E-state index is 0.141. The quantitative estimate of drug-likeness (QED) is 0.694. The summed E-state index contributed by atoms with van der Waals surface area (Å²) in [6.45, 7) is 0. The van der Waals surface area contributed by atoms with Crippen LogP contribution in [0.1, 0.15) is 20.8 Å². The van der Waals surface area contributed by atoms with Crippen molar-refractivity contribution in [2.75, 3.05) is 7.05 Å². The Morgan fingerprint density at radius 2 is 1.82 bits per heavy atom. The molecule has 0 fully saturated rings. The molecule has 0 atom stereocenters. The van der Waals surface area contributed by atoms with Crippen molar-refractivity contribution >= 4 is 22.8 Å². The molecule has 5 heteroatoms. The number of hydrogen-bond donors (Lipinski definition) is 3. The van der Waals surface area contributed by atoms with Gasteiger partial charge in [0.2, 0.25) is 0 Å². The van der Waals surface area contributed by atoms with Gasteiger partial charge in [0, 0.05) is 23.5 Å². The van der Waals surface area contributed by atoms with Gasteiger partial charge in [-0.3, -0.25) is 4.79 Å². The number of H-pyrrole nitrogens is 1. The molecule has 0 spiro atoms. The first-order valence-corrected chi connectivity index (χ1v) is 6.77. The van der Waals surface area contributed by atoms with Crippen LogP contribution in [0, 0.1) is 0 Å². The number of aromatic nitrogens is 1. The number of benzene rings is 2. The number of fused-ring (bicyclic) bond motifs is 1. The molecule has 1 amide bonds. The number of carboxylic acids is 1. The van der Waals surface area contributed by atoms with Crippen LogP contribution in [0.25, 0.3) is 22.0 Å². The zero-order chi connectivity index (χ0) is 15.7. The molecule has 0 saturated carbocycles. The van der Waals surface area contributed by atoms with Gasteiger partial charge in [0.15, 0.2) is 0 Å². The third kappa shape index (κ3) is 2.44. The molecule has 0 radical (unpaired) electrons. The molecule has 0 aliphatic heterocycles. The Morgan fingerprint density at radius 1 is 1.05 bits per heavy atom. The molecule has 22 heavy (non-hydrogen) atoms. The Kier molecular flexibility index (Phi) is 3.39. The van der Waals surface area contributed by atoms with Gasteiger partial charge >= 0.3 is 5.97 Å². The van der Waals surface area contributed by atoms with E-state index in [2.05, 4.69) is 10.3 Å². The molecule has 1 heterocycles. The summed E-state index contributed by atoms with van der Waals surface area (Å²) in [5, 5.41) is 12.4. The molecular formula is C17H14N2O3. The van der Waals surface area contributed by atoms with E-state index in [1.807, 2.05) is 36.4 Å². The van der Waals surface area contributed by atoms with Crippen LogP contribution >= 0.6 is 0 Å². The lowest BCUT2D eigenvalue weighted by Gasteiger charge is -2.05. The minimum Gasteiger partial charge on any atom is -0.477 e. The molecule has 0 bridgehead atoms. The van der Waals surface area contributed by atoms with E-state index in [9.17, 15) is 9.59 Å². The Morgan fingerprint density at radius 3 is 2.55 bits per heavy atom. The van der Waals surface area contributed by atoms with Crippen LogP contribution < -0.4 is 5.32 Å². The number of amides is 1. The number of carboxylic acid groups (broad SMARTS) is 1. The second kappa shape index (κ2) is 5.37. The number of aromatic carboxylic acids is 1. The van der Waals surface area contributed by atoms with Crippen LogP contribution in [0.4, 0.5) is 0 Å². The summed E-state index contributed by atoms with van der Waals surface area (Å²) in [4.78, 5) is 25.6. The molecule has 2 aromatic carbocycles. The standard InChI is InChI=1S/C17H14N2O3/c1-18-16(20)12-4-2-3-10(7-12)11-5-6-14-13(8-11)9-15(19-14)17(21)22/h2-9,19H,1H3,(H,18,20)(H,21,22). The Balaban J connectivity index is 2.06. The van der Waals surface area contributed by atoms with E-state index < -0.39 is 5.97 Å². The summed E-state index contributed by atoms with van der Waals surface area (Å²) >= 11 is 0. The van der Waals surface area contributed by atoms with Gasteiger partial charge in [-0.05, 0) is 41.5 Å². The molecule has 0 unspecified atom stereocenters. The average Bonchev–Trinajstić information content (AvgIpc) is 2.97. The number of hydrogen-bond acceptors (Lipinski definition) is 2. The number of carbonyl (C=O) groups is 2. The Bertz CT molecular complexity index is 880. The Hall–Kier alpha value is -3.08. The van der Waals surface area contributed by atoms with Crippen molar-refractivity contribution in [1.29, 1.82) is 0 Å². The molecule has 0 aliphatic carbocycles. The van der Waals surface area contributed by atoms with Gasteiger partial charge < -0.3 is 15.4 Å². The number of aromatic amines is 1. The van der Waals surface area contributed by atoms with E-state index in [1.165, 1.54) is 0 Å². The van der Waals surface area contributed by atoms with Crippen molar-refractivity contribution in [3.8, 4) is 11.1 Å². The first-order valence-electron chi connectivity index (χ1n) is 6.77. The molecule has 5 nitrogen and oxygen atoms in total. The van der Waals surface area contributed by atoms with Crippen LogP contribution in [0.15, 0.2) is 48.5 Å².